The lowest BCUT2D eigenvalue weighted by atomic mass is 10.1. The average molecular weight is 308 g/mol. The first kappa shape index (κ1) is 12.7. The summed E-state index contributed by atoms with van der Waals surface area (Å²) in [6.45, 7) is 2.08. The Hall–Kier alpha value is -2.04. The highest BCUT2D eigenvalue weighted by Gasteiger charge is 2.10. The predicted molar refractivity (Wildman–Crippen MR) is 90.9 cm³/mol. The molecule has 21 heavy (non-hydrogen) atoms. The van der Waals surface area contributed by atoms with Crippen LogP contribution in [0.3, 0.4) is 0 Å². The summed E-state index contributed by atoms with van der Waals surface area (Å²) in [5.41, 5.74) is 3.55. The van der Waals surface area contributed by atoms with Crippen molar-refractivity contribution >= 4 is 32.9 Å². The first-order valence-corrected chi connectivity index (χ1v) is 8.42. The lowest BCUT2D eigenvalue weighted by Gasteiger charge is -2.01. The number of hydrogen-bond acceptors (Lipinski definition) is 4. The molecule has 4 aromatic rings. The van der Waals surface area contributed by atoms with Crippen molar-refractivity contribution in [2.45, 2.75) is 6.92 Å². The first-order chi connectivity index (χ1) is 10.3. The summed E-state index contributed by atoms with van der Waals surface area (Å²) in [5, 5.41) is 5.41. The Bertz CT molecular complexity index is 890. The number of thiophene rings is 2. The van der Waals surface area contributed by atoms with Crippen molar-refractivity contribution in [2.24, 2.45) is 0 Å². The Morgan fingerprint density at radius 3 is 2.62 bits per heavy atom. The molecule has 3 heterocycles. The van der Waals surface area contributed by atoms with Crippen LogP contribution in [0.4, 0.5) is 0 Å². The maximum absolute atomic E-state index is 4.72. The van der Waals surface area contributed by atoms with E-state index in [0.29, 0.717) is 0 Å². The minimum atomic E-state index is 0.794. The number of fused-ring (bicyclic) bond motifs is 1. The van der Waals surface area contributed by atoms with Crippen molar-refractivity contribution in [1.29, 1.82) is 0 Å². The third-order valence-electron chi connectivity index (χ3n) is 3.43. The normalized spacial score (nSPS) is 11.1. The third kappa shape index (κ3) is 2.26. The fourth-order valence-electron chi connectivity index (χ4n) is 2.28. The topological polar surface area (TPSA) is 25.8 Å². The molecule has 1 aromatic carbocycles. The Kier molecular flexibility index (Phi) is 3.05. The summed E-state index contributed by atoms with van der Waals surface area (Å²) < 4.78 is 0. The van der Waals surface area contributed by atoms with Crippen LogP contribution in [0.25, 0.3) is 32.0 Å². The summed E-state index contributed by atoms with van der Waals surface area (Å²) in [7, 11) is 0. The van der Waals surface area contributed by atoms with E-state index in [1.54, 1.807) is 22.7 Å². The van der Waals surface area contributed by atoms with E-state index in [2.05, 4.69) is 59.1 Å². The van der Waals surface area contributed by atoms with E-state index in [0.717, 1.165) is 21.6 Å². The van der Waals surface area contributed by atoms with Gasteiger partial charge in [-0.2, -0.15) is 0 Å². The van der Waals surface area contributed by atoms with Crippen LogP contribution in [-0.4, -0.2) is 9.97 Å². The van der Waals surface area contributed by atoms with Gasteiger partial charge >= 0.3 is 0 Å². The van der Waals surface area contributed by atoms with Gasteiger partial charge in [0.15, 0.2) is 5.82 Å². The molecule has 0 N–H and O–H groups in total. The van der Waals surface area contributed by atoms with Crippen LogP contribution in [0.1, 0.15) is 5.56 Å². The molecule has 4 rings (SSSR count). The van der Waals surface area contributed by atoms with Crippen molar-refractivity contribution in [3.8, 4) is 21.8 Å². The van der Waals surface area contributed by atoms with Crippen molar-refractivity contribution < 1.29 is 0 Å². The highest BCUT2D eigenvalue weighted by atomic mass is 32.1. The molecule has 0 saturated carbocycles. The van der Waals surface area contributed by atoms with Crippen LogP contribution in [0, 0.1) is 6.92 Å². The summed E-state index contributed by atoms with van der Waals surface area (Å²) in [4.78, 5) is 11.6. The Morgan fingerprint density at radius 1 is 1.00 bits per heavy atom. The van der Waals surface area contributed by atoms with Crippen molar-refractivity contribution in [1.82, 2.24) is 9.97 Å². The lowest BCUT2D eigenvalue weighted by molar-refractivity contribution is 1.24. The van der Waals surface area contributed by atoms with Gasteiger partial charge in [0.05, 0.1) is 0 Å². The standard InChI is InChI=1S/C17H12N2S2/c1-11-4-6-12(7-5-11)16-18-9-13-14(10-21-17(13)19-16)15-3-2-8-20-15/h2-10H,1H3. The molecule has 0 amide bonds. The van der Waals surface area contributed by atoms with E-state index in [4.69, 9.17) is 4.98 Å². The van der Waals surface area contributed by atoms with Gasteiger partial charge in [-0.3, -0.25) is 0 Å². The first-order valence-electron chi connectivity index (χ1n) is 6.66. The minimum absolute atomic E-state index is 0.794. The lowest BCUT2D eigenvalue weighted by Crippen LogP contribution is -1.88. The van der Waals surface area contributed by atoms with Gasteiger partial charge in [-0.05, 0) is 18.4 Å². The number of aromatic nitrogens is 2. The van der Waals surface area contributed by atoms with Gasteiger partial charge in [0.2, 0.25) is 0 Å². The van der Waals surface area contributed by atoms with E-state index >= 15 is 0 Å². The molecule has 0 aliphatic rings. The SMILES string of the molecule is Cc1ccc(-c2ncc3c(-c4cccs4)csc3n2)cc1. The maximum atomic E-state index is 4.72. The van der Waals surface area contributed by atoms with Crippen LogP contribution in [-0.2, 0) is 0 Å². The Morgan fingerprint density at radius 2 is 1.86 bits per heavy atom. The molecule has 0 atom stereocenters. The Balaban J connectivity index is 1.83. The van der Waals surface area contributed by atoms with Gasteiger partial charge in [-0.1, -0.05) is 35.9 Å². The molecular weight excluding hydrogens is 296 g/mol. The number of hydrogen-bond donors (Lipinski definition) is 0. The zero-order valence-corrected chi connectivity index (χ0v) is 13.0. The van der Waals surface area contributed by atoms with Gasteiger partial charge in [-0.15, -0.1) is 22.7 Å². The summed E-state index contributed by atoms with van der Waals surface area (Å²) in [5.74, 6) is 0.794. The van der Waals surface area contributed by atoms with E-state index in [1.165, 1.54) is 16.0 Å². The van der Waals surface area contributed by atoms with Gasteiger partial charge in [0.1, 0.15) is 4.83 Å². The molecule has 0 fully saturated rings. The number of rotatable bonds is 2. The fourth-order valence-corrected chi connectivity index (χ4v) is 4.03. The second-order valence-corrected chi connectivity index (χ2v) is 6.71. The van der Waals surface area contributed by atoms with Gasteiger partial charge < -0.3 is 0 Å². The smallest absolute Gasteiger partial charge is 0.160 e. The maximum Gasteiger partial charge on any atom is 0.160 e. The predicted octanol–water partition coefficient (Wildman–Crippen LogP) is 5.40. The molecule has 0 spiro atoms. The number of nitrogens with zero attached hydrogens (tertiary/aromatic N) is 2. The van der Waals surface area contributed by atoms with Crippen molar-refractivity contribution in [2.75, 3.05) is 0 Å². The molecule has 102 valence electrons. The van der Waals surface area contributed by atoms with E-state index in [-0.39, 0.29) is 0 Å². The monoisotopic (exact) mass is 308 g/mol. The van der Waals surface area contributed by atoms with Crippen LogP contribution in [0.15, 0.2) is 53.4 Å². The van der Waals surface area contributed by atoms with Gasteiger partial charge in [0.25, 0.3) is 0 Å². The quantitative estimate of drug-likeness (QED) is 0.496. The zero-order chi connectivity index (χ0) is 14.2. The fraction of sp³-hybridized carbons (Fsp3) is 0.0588. The highest BCUT2D eigenvalue weighted by molar-refractivity contribution is 7.18. The molecule has 0 bridgehead atoms. The summed E-state index contributed by atoms with van der Waals surface area (Å²) in [6.07, 6.45) is 1.95. The zero-order valence-electron chi connectivity index (χ0n) is 11.4. The molecule has 0 radical (unpaired) electrons. The molecule has 0 unspecified atom stereocenters. The van der Waals surface area contributed by atoms with E-state index in [1.807, 2.05) is 6.20 Å². The second-order valence-electron chi connectivity index (χ2n) is 4.91. The van der Waals surface area contributed by atoms with Crippen LogP contribution >= 0.6 is 22.7 Å². The van der Waals surface area contributed by atoms with Gasteiger partial charge in [-0.25, -0.2) is 9.97 Å². The highest BCUT2D eigenvalue weighted by Crippen LogP contribution is 2.35. The largest absolute Gasteiger partial charge is 0.236 e. The van der Waals surface area contributed by atoms with E-state index < -0.39 is 0 Å². The molecule has 0 aliphatic carbocycles. The van der Waals surface area contributed by atoms with Gasteiger partial charge in [0, 0.05) is 33.0 Å². The molecule has 3 aromatic heterocycles. The molecular formula is C17H12N2S2. The Labute approximate surface area is 130 Å². The van der Waals surface area contributed by atoms with Crippen LogP contribution in [0.5, 0.6) is 0 Å². The molecule has 0 aliphatic heterocycles. The minimum Gasteiger partial charge on any atom is -0.236 e. The summed E-state index contributed by atoms with van der Waals surface area (Å²) in [6, 6.07) is 12.5. The third-order valence-corrected chi connectivity index (χ3v) is 5.22. The molecule has 0 saturated heterocycles. The van der Waals surface area contributed by atoms with Crippen LogP contribution in [0.2, 0.25) is 0 Å². The average Bonchev–Trinajstić information content (AvgIpc) is 3.16. The van der Waals surface area contributed by atoms with Crippen LogP contribution < -0.4 is 0 Å². The summed E-state index contributed by atoms with van der Waals surface area (Å²) >= 11 is 3.43. The number of aryl methyl sites for hydroxylation is 1. The van der Waals surface area contributed by atoms with Crippen molar-refractivity contribution in [3.05, 3.63) is 58.9 Å². The van der Waals surface area contributed by atoms with E-state index in [9.17, 15) is 0 Å². The molecule has 4 heteroatoms. The second kappa shape index (κ2) is 5.06. The number of benzene rings is 1. The molecule has 2 nitrogen and oxygen atoms in total. The van der Waals surface area contributed by atoms with Crippen molar-refractivity contribution in [3.63, 3.8) is 0 Å².